The molecule has 0 aliphatic carbocycles. The van der Waals surface area contributed by atoms with Crippen LogP contribution in [0.3, 0.4) is 0 Å². The van der Waals surface area contributed by atoms with E-state index in [4.69, 9.17) is 4.74 Å². The molecule has 8 heteroatoms. The first-order valence-corrected chi connectivity index (χ1v) is 10.5. The number of rotatable bonds is 8. The fourth-order valence-corrected chi connectivity index (χ4v) is 4.09. The van der Waals surface area contributed by atoms with Crippen LogP contribution in [0.25, 0.3) is 0 Å². The molecule has 0 spiro atoms. The number of hydrogen-bond donors (Lipinski definition) is 1. The maximum absolute atomic E-state index is 12.6. The molecule has 0 radical (unpaired) electrons. The number of aliphatic carboxylic acids is 1. The molecule has 1 atom stereocenters. The SMILES string of the molecule is C=CCSC1CC(=O)N1C(C(=O)O)=C(Oc1ccccc1)SC(=O)C(C)(C)C. The molecular weight excluding hydrogens is 398 g/mol. The van der Waals surface area contributed by atoms with Gasteiger partial charge in [0.1, 0.15) is 5.75 Å². The van der Waals surface area contributed by atoms with E-state index in [0.717, 1.165) is 0 Å². The standard InChI is InChI=1S/C20H23NO5S2/c1-5-11-27-15-12-14(22)21(15)16(17(23)24)18(28-19(25)20(2,3)4)26-13-9-7-6-8-10-13/h5-10,15H,1,11-12H2,2-4H3,(H,23,24). The van der Waals surface area contributed by atoms with E-state index in [0.29, 0.717) is 23.3 Å². The number of thioether (sulfide) groups is 2. The Bertz CT molecular complexity index is 799. The number of benzene rings is 1. The largest absolute Gasteiger partial charge is 0.476 e. The molecule has 0 aromatic heterocycles. The summed E-state index contributed by atoms with van der Waals surface area (Å²) in [6, 6.07) is 8.58. The number of likely N-dealkylation sites (tertiary alicyclic amines) is 1. The van der Waals surface area contributed by atoms with Gasteiger partial charge in [0.2, 0.25) is 11.0 Å². The van der Waals surface area contributed by atoms with Gasteiger partial charge in [-0.15, -0.1) is 18.3 Å². The average Bonchev–Trinajstić information content (AvgIpc) is 2.62. The fourth-order valence-electron chi connectivity index (χ4n) is 2.21. The number of amides is 1. The summed E-state index contributed by atoms with van der Waals surface area (Å²) >= 11 is 2.11. The van der Waals surface area contributed by atoms with Gasteiger partial charge in [-0.25, -0.2) is 4.79 Å². The zero-order chi connectivity index (χ0) is 20.9. The third-order valence-electron chi connectivity index (χ3n) is 3.70. The van der Waals surface area contributed by atoms with Crippen molar-refractivity contribution in [2.45, 2.75) is 32.6 Å². The van der Waals surface area contributed by atoms with Crippen LogP contribution in [-0.4, -0.2) is 38.1 Å². The highest BCUT2D eigenvalue weighted by atomic mass is 32.2. The molecule has 1 saturated heterocycles. The van der Waals surface area contributed by atoms with Crippen molar-refractivity contribution in [1.82, 2.24) is 4.90 Å². The van der Waals surface area contributed by atoms with Crippen molar-refractivity contribution in [3.05, 3.63) is 53.8 Å². The van der Waals surface area contributed by atoms with E-state index in [2.05, 4.69) is 6.58 Å². The zero-order valence-corrected chi connectivity index (χ0v) is 17.6. The number of ether oxygens (including phenoxy) is 1. The summed E-state index contributed by atoms with van der Waals surface area (Å²) in [6.07, 6.45) is 1.92. The molecule has 1 fully saturated rings. The van der Waals surface area contributed by atoms with Gasteiger partial charge in [0.15, 0.2) is 10.8 Å². The Morgan fingerprint density at radius 2 is 1.96 bits per heavy atom. The van der Waals surface area contributed by atoms with Gasteiger partial charge in [0.25, 0.3) is 0 Å². The number of β-lactam (4-membered cyclic amide) rings is 1. The first-order valence-electron chi connectivity index (χ1n) is 8.62. The van der Waals surface area contributed by atoms with E-state index in [9.17, 15) is 19.5 Å². The second kappa shape index (κ2) is 9.34. The molecule has 2 rings (SSSR count). The first-order chi connectivity index (χ1) is 13.1. The van der Waals surface area contributed by atoms with Crippen LogP contribution in [0.1, 0.15) is 27.2 Å². The highest BCUT2D eigenvalue weighted by Crippen LogP contribution is 2.39. The minimum Gasteiger partial charge on any atom is -0.476 e. The summed E-state index contributed by atoms with van der Waals surface area (Å²) in [6.45, 7) is 8.86. The number of nitrogens with zero attached hydrogens (tertiary/aromatic N) is 1. The highest BCUT2D eigenvalue weighted by Gasteiger charge is 2.44. The number of carbonyl (C=O) groups excluding carboxylic acids is 2. The second-order valence-electron chi connectivity index (χ2n) is 7.04. The van der Waals surface area contributed by atoms with Crippen LogP contribution >= 0.6 is 23.5 Å². The lowest BCUT2D eigenvalue weighted by molar-refractivity contribution is -0.146. The smallest absolute Gasteiger partial charge is 0.357 e. The van der Waals surface area contributed by atoms with Crippen molar-refractivity contribution >= 4 is 40.5 Å². The van der Waals surface area contributed by atoms with Gasteiger partial charge in [-0.1, -0.05) is 45.0 Å². The van der Waals surface area contributed by atoms with Crippen LogP contribution in [0.15, 0.2) is 53.8 Å². The van der Waals surface area contributed by atoms with Crippen LogP contribution in [0.4, 0.5) is 0 Å². The Kier molecular flexibility index (Phi) is 7.37. The fraction of sp³-hybridized carbons (Fsp3) is 0.350. The van der Waals surface area contributed by atoms with Gasteiger partial charge in [-0.3, -0.25) is 14.5 Å². The molecule has 150 valence electrons. The topological polar surface area (TPSA) is 83.9 Å². The van der Waals surface area contributed by atoms with Crippen LogP contribution in [0.2, 0.25) is 0 Å². The van der Waals surface area contributed by atoms with Crippen molar-refractivity contribution < 1.29 is 24.2 Å². The van der Waals surface area contributed by atoms with Gasteiger partial charge >= 0.3 is 5.97 Å². The van der Waals surface area contributed by atoms with Crippen LogP contribution in [0, 0.1) is 5.41 Å². The quantitative estimate of drug-likeness (QED) is 0.293. The van der Waals surface area contributed by atoms with E-state index in [-0.39, 0.29) is 33.6 Å². The Hall–Kier alpha value is -2.19. The maximum atomic E-state index is 12.6. The summed E-state index contributed by atoms with van der Waals surface area (Å²) in [7, 11) is 0. The lowest BCUT2D eigenvalue weighted by Gasteiger charge is -2.40. The Morgan fingerprint density at radius 1 is 1.32 bits per heavy atom. The molecule has 28 heavy (non-hydrogen) atoms. The van der Waals surface area contributed by atoms with Gasteiger partial charge in [0.05, 0.1) is 11.8 Å². The molecule has 1 heterocycles. The predicted octanol–water partition coefficient (Wildman–Crippen LogP) is 4.10. The Morgan fingerprint density at radius 3 is 2.46 bits per heavy atom. The van der Waals surface area contributed by atoms with E-state index in [1.807, 2.05) is 0 Å². The molecule has 0 bridgehead atoms. The molecule has 0 saturated carbocycles. The maximum Gasteiger partial charge on any atom is 0.357 e. The summed E-state index contributed by atoms with van der Waals surface area (Å²) in [5.41, 5.74) is -1.03. The molecule has 1 amide bonds. The lowest BCUT2D eigenvalue weighted by atomic mass is 10.00. The van der Waals surface area contributed by atoms with Gasteiger partial charge in [0, 0.05) is 11.2 Å². The van der Waals surface area contributed by atoms with E-state index in [1.54, 1.807) is 57.2 Å². The molecule has 1 aliphatic rings. The monoisotopic (exact) mass is 421 g/mol. The van der Waals surface area contributed by atoms with Crippen molar-refractivity contribution in [3.8, 4) is 5.75 Å². The van der Waals surface area contributed by atoms with E-state index < -0.39 is 11.4 Å². The van der Waals surface area contributed by atoms with Crippen LogP contribution in [0.5, 0.6) is 5.75 Å². The zero-order valence-electron chi connectivity index (χ0n) is 16.0. The van der Waals surface area contributed by atoms with Crippen LogP contribution < -0.4 is 4.74 Å². The molecule has 6 nitrogen and oxygen atoms in total. The molecule has 1 aliphatic heterocycles. The molecule has 1 N–H and O–H groups in total. The molecule has 1 unspecified atom stereocenters. The third kappa shape index (κ3) is 5.42. The van der Waals surface area contributed by atoms with Crippen molar-refractivity contribution in [2.75, 3.05) is 5.75 Å². The average molecular weight is 422 g/mol. The third-order valence-corrected chi connectivity index (χ3v) is 6.15. The predicted molar refractivity (Wildman–Crippen MR) is 112 cm³/mol. The van der Waals surface area contributed by atoms with Gasteiger partial charge < -0.3 is 9.84 Å². The second-order valence-corrected chi connectivity index (χ2v) is 9.20. The number of carboxylic acid groups (broad SMARTS) is 1. The lowest BCUT2D eigenvalue weighted by Crippen LogP contribution is -2.52. The number of hydrogen-bond acceptors (Lipinski definition) is 6. The van der Waals surface area contributed by atoms with Crippen molar-refractivity contribution in [2.24, 2.45) is 5.41 Å². The number of carbonyl (C=O) groups is 3. The minimum atomic E-state index is -1.32. The van der Waals surface area contributed by atoms with E-state index >= 15 is 0 Å². The molecule has 1 aromatic carbocycles. The molecular formula is C20H23NO5S2. The first kappa shape index (κ1) is 22.1. The molecule has 1 aromatic rings. The summed E-state index contributed by atoms with van der Waals surface area (Å²) in [5.74, 6) is -0.687. The summed E-state index contributed by atoms with van der Waals surface area (Å²) < 4.78 is 5.78. The van der Waals surface area contributed by atoms with Crippen LogP contribution in [-0.2, 0) is 14.4 Å². The Labute approximate surface area is 173 Å². The summed E-state index contributed by atoms with van der Waals surface area (Å²) in [5, 5.41) is 9.13. The Balaban J connectivity index is 2.47. The van der Waals surface area contributed by atoms with Gasteiger partial charge in [-0.2, -0.15) is 0 Å². The summed E-state index contributed by atoms with van der Waals surface area (Å²) in [4.78, 5) is 38.1. The van der Waals surface area contributed by atoms with E-state index in [1.165, 1.54) is 16.7 Å². The van der Waals surface area contributed by atoms with Crippen molar-refractivity contribution in [1.29, 1.82) is 0 Å². The highest BCUT2D eigenvalue weighted by molar-refractivity contribution is 8.16. The number of para-hydroxylation sites is 1. The van der Waals surface area contributed by atoms with Gasteiger partial charge in [-0.05, 0) is 23.9 Å². The normalized spacial score (nSPS) is 17.5. The minimum absolute atomic E-state index is 0.115. The van der Waals surface area contributed by atoms with Crippen molar-refractivity contribution in [3.63, 3.8) is 0 Å². The number of carboxylic acids is 1.